The molecule has 1 fully saturated rings. The summed E-state index contributed by atoms with van der Waals surface area (Å²) in [6.45, 7) is 6.83. The van der Waals surface area contributed by atoms with Crippen LogP contribution in [0.15, 0.2) is 24.3 Å². The Balaban J connectivity index is 1.91. The lowest BCUT2D eigenvalue weighted by Crippen LogP contribution is -2.49. The Labute approximate surface area is 127 Å². The van der Waals surface area contributed by atoms with Crippen molar-refractivity contribution in [2.24, 2.45) is 11.1 Å². The molecule has 1 aromatic rings. The summed E-state index contributed by atoms with van der Waals surface area (Å²) in [5, 5.41) is 0. The minimum Gasteiger partial charge on any atom is -0.366 e. The van der Waals surface area contributed by atoms with Crippen molar-refractivity contribution in [1.29, 1.82) is 0 Å². The maximum Gasteiger partial charge on any atom is 0.0432 e. The van der Waals surface area contributed by atoms with E-state index in [0.717, 1.165) is 19.5 Å². The zero-order valence-corrected chi connectivity index (χ0v) is 13.5. The highest BCUT2D eigenvalue weighted by molar-refractivity contribution is 7.99. The second-order valence-corrected chi connectivity index (χ2v) is 7.96. The van der Waals surface area contributed by atoms with E-state index in [0.29, 0.717) is 17.4 Å². The average molecular weight is 290 g/mol. The van der Waals surface area contributed by atoms with Crippen molar-refractivity contribution in [1.82, 2.24) is 0 Å². The predicted molar refractivity (Wildman–Crippen MR) is 89.7 cm³/mol. The molecule has 0 saturated carbocycles. The molecule has 0 bridgehead atoms. The highest BCUT2D eigenvalue weighted by Crippen LogP contribution is 2.45. The number of fused-ring (bicyclic) bond motifs is 1. The highest BCUT2D eigenvalue weighted by Gasteiger charge is 2.41. The quantitative estimate of drug-likeness (QED) is 0.924. The molecule has 2 unspecified atom stereocenters. The van der Waals surface area contributed by atoms with Crippen molar-refractivity contribution in [2.75, 3.05) is 29.5 Å². The van der Waals surface area contributed by atoms with E-state index in [1.165, 1.54) is 29.2 Å². The van der Waals surface area contributed by atoms with Gasteiger partial charge in [-0.2, -0.15) is 11.8 Å². The zero-order valence-electron chi connectivity index (χ0n) is 12.6. The third kappa shape index (κ3) is 2.46. The van der Waals surface area contributed by atoms with Crippen LogP contribution in [0.1, 0.15) is 38.2 Å². The van der Waals surface area contributed by atoms with E-state index >= 15 is 0 Å². The lowest BCUT2D eigenvalue weighted by atomic mass is 9.81. The van der Waals surface area contributed by atoms with Crippen LogP contribution in [0.2, 0.25) is 0 Å². The Kier molecular flexibility index (Phi) is 4.00. The van der Waals surface area contributed by atoms with Gasteiger partial charge in [0, 0.05) is 29.9 Å². The number of nitrogens with two attached hydrogens (primary N) is 1. The van der Waals surface area contributed by atoms with E-state index < -0.39 is 0 Å². The number of benzene rings is 1. The van der Waals surface area contributed by atoms with Crippen molar-refractivity contribution in [3.8, 4) is 0 Å². The molecule has 110 valence electrons. The van der Waals surface area contributed by atoms with E-state index in [4.69, 9.17) is 5.73 Å². The molecule has 3 heteroatoms. The molecule has 2 N–H and O–H groups in total. The summed E-state index contributed by atoms with van der Waals surface area (Å²) in [7, 11) is 0. The maximum atomic E-state index is 5.82. The van der Waals surface area contributed by atoms with Gasteiger partial charge in [-0.05, 0) is 42.2 Å². The monoisotopic (exact) mass is 290 g/mol. The molecule has 0 radical (unpaired) electrons. The summed E-state index contributed by atoms with van der Waals surface area (Å²) in [5.74, 6) is 3.20. The number of rotatable bonds is 3. The minimum atomic E-state index is 0.413. The lowest BCUT2D eigenvalue weighted by Gasteiger charge is -2.45. The van der Waals surface area contributed by atoms with E-state index in [1.807, 2.05) is 0 Å². The van der Waals surface area contributed by atoms with Crippen LogP contribution in [-0.2, 0) is 0 Å². The molecule has 0 aliphatic carbocycles. The van der Waals surface area contributed by atoms with Gasteiger partial charge in [-0.1, -0.05) is 32.0 Å². The van der Waals surface area contributed by atoms with Gasteiger partial charge in [-0.25, -0.2) is 0 Å². The van der Waals surface area contributed by atoms with Crippen LogP contribution >= 0.6 is 11.8 Å². The Hall–Kier alpha value is -0.670. The van der Waals surface area contributed by atoms with Gasteiger partial charge < -0.3 is 10.6 Å². The molecule has 2 aliphatic rings. The van der Waals surface area contributed by atoms with Gasteiger partial charge in [-0.3, -0.25) is 0 Å². The van der Waals surface area contributed by atoms with Gasteiger partial charge in [0.15, 0.2) is 0 Å². The van der Waals surface area contributed by atoms with Crippen molar-refractivity contribution >= 4 is 17.4 Å². The third-order valence-corrected chi connectivity index (χ3v) is 6.11. The maximum absolute atomic E-state index is 5.82. The first-order valence-corrected chi connectivity index (χ1v) is 8.92. The van der Waals surface area contributed by atoms with E-state index in [9.17, 15) is 0 Å². The van der Waals surface area contributed by atoms with Crippen LogP contribution in [0, 0.1) is 5.41 Å². The smallest absolute Gasteiger partial charge is 0.0432 e. The summed E-state index contributed by atoms with van der Waals surface area (Å²) in [5.41, 5.74) is 9.21. The predicted octanol–water partition coefficient (Wildman–Crippen LogP) is 3.47. The first kappa shape index (κ1) is 14.3. The van der Waals surface area contributed by atoms with Crippen LogP contribution in [0.3, 0.4) is 0 Å². The highest BCUT2D eigenvalue weighted by atomic mass is 32.2. The van der Waals surface area contributed by atoms with E-state index in [1.54, 1.807) is 0 Å². The molecule has 2 aliphatic heterocycles. The van der Waals surface area contributed by atoms with Gasteiger partial charge in [-0.15, -0.1) is 0 Å². The lowest BCUT2D eigenvalue weighted by molar-refractivity contribution is 0.275. The van der Waals surface area contributed by atoms with Crippen molar-refractivity contribution in [2.45, 2.75) is 38.6 Å². The van der Waals surface area contributed by atoms with Crippen molar-refractivity contribution in [3.05, 3.63) is 29.8 Å². The zero-order chi connectivity index (χ0) is 14.2. The number of hydrogen-bond donors (Lipinski definition) is 1. The molecule has 2 atom stereocenters. The fourth-order valence-electron chi connectivity index (χ4n) is 3.71. The summed E-state index contributed by atoms with van der Waals surface area (Å²) in [6, 6.07) is 9.62. The summed E-state index contributed by atoms with van der Waals surface area (Å²) < 4.78 is 0. The van der Waals surface area contributed by atoms with Crippen LogP contribution < -0.4 is 10.6 Å². The number of para-hydroxylation sites is 1. The normalized spacial score (nSPS) is 28.4. The molecule has 3 rings (SSSR count). The van der Waals surface area contributed by atoms with Gasteiger partial charge >= 0.3 is 0 Å². The molecule has 1 aromatic carbocycles. The summed E-state index contributed by atoms with van der Waals surface area (Å²) in [6.07, 6.45) is 2.43. The Morgan fingerprint density at radius 2 is 2.15 bits per heavy atom. The van der Waals surface area contributed by atoms with Crippen LogP contribution in [0.4, 0.5) is 5.69 Å². The molecule has 0 amide bonds. The third-order valence-electron chi connectivity index (χ3n) is 5.06. The van der Waals surface area contributed by atoms with E-state index in [2.05, 4.69) is 54.8 Å². The summed E-state index contributed by atoms with van der Waals surface area (Å²) in [4.78, 5) is 2.68. The van der Waals surface area contributed by atoms with Crippen LogP contribution in [0.25, 0.3) is 0 Å². The number of anilines is 1. The van der Waals surface area contributed by atoms with Gasteiger partial charge in [0.05, 0.1) is 0 Å². The SMILES string of the molecule is CC1(C)CCSCC1N1CC(CCN)c2ccccc21. The Morgan fingerprint density at radius 3 is 2.90 bits per heavy atom. The standard InChI is InChI=1S/C17H26N2S/c1-17(2)8-10-20-12-16(17)19-11-13(7-9-18)14-5-3-4-6-15(14)19/h3-6,13,16H,7-12,18H2,1-2H3. The van der Waals surface area contributed by atoms with Gasteiger partial charge in [0.25, 0.3) is 0 Å². The molecular formula is C17H26N2S. The van der Waals surface area contributed by atoms with Crippen molar-refractivity contribution < 1.29 is 0 Å². The molecule has 2 heterocycles. The Bertz CT molecular complexity index is 472. The second-order valence-electron chi connectivity index (χ2n) is 6.81. The molecule has 2 nitrogen and oxygen atoms in total. The van der Waals surface area contributed by atoms with Gasteiger partial charge in [0.1, 0.15) is 0 Å². The molecule has 0 aromatic heterocycles. The molecule has 1 saturated heterocycles. The van der Waals surface area contributed by atoms with Crippen molar-refractivity contribution in [3.63, 3.8) is 0 Å². The minimum absolute atomic E-state index is 0.413. The number of hydrogen-bond acceptors (Lipinski definition) is 3. The van der Waals surface area contributed by atoms with Crippen LogP contribution in [-0.4, -0.2) is 30.6 Å². The first-order chi connectivity index (χ1) is 9.63. The number of thioether (sulfide) groups is 1. The fourth-order valence-corrected chi connectivity index (χ4v) is 5.40. The molecule has 20 heavy (non-hydrogen) atoms. The topological polar surface area (TPSA) is 29.3 Å². The van der Waals surface area contributed by atoms with E-state index in [-0.39, 0.29) is 0 Å². The molecular weight excluding hydrogens is 264 g/mol. The number of nitrogens with zero attached hydrogens (tertiary/aromatic N) is 1. The molecule has 0 spiro atoms. The Morgan fingerprint density at radius 1 is 1.35 bits per heavy atom. The average Bonchev–Trinajstić information content (AvgIpc) is 2.78. The van der Waals surface area contributed by atoms with Crippen LogP contribution in [0.5, 0.6) is 0 Å². The second kappa shape index (κ2) is 5.61. The van der Waals surface area contributed by atoms with Gasteiger partial charge in [0.2, 0.25) is 0 Å². The summed E-state index contributed by atoms with van der Waals surface area (Å²) >= 11 is 2.12. The first-order valence-electron chi connectivity index (χ1n) is 7.77. The largest absolute Gasteiger partial charge is 0.366 e. The fraction of sp³-hybridized carbons (Fsp3) is 0.647.